The Kier molecular flexibility index (Phi) is 4.97. The third-order valence-corrected chi connectivity index (χ3v) is 6.92. The van der Waals surface area contributed by atoms with Gasteiger partial charge in [-0.05, 0) is 55.4 Å². The fraction of sp³-hybridized carbons (Fsp3) is 0.810. The van der Waals surface area contributed by atoms with Crippen LogP contribution in [0.3, 0.4) is 0 Å². The van der Waals surface area contributed by atoms with Crippen molar-refractivity contribution in [2.24, 2.45) is 28.6 Å². The zero-order chi connectivity index (χ0) is 19.3. The second kappa shape index (κ2) is 6.66. The van der Waals surface area contributed by atoms with Crippen molar-refractivity contribution in [3.63, 3.8) is 0 Å². The summed E-state index contributed by atoms with van der Waals surface area (Å²) in [5.74, 6) is -2.27. The average molecular weight is 364 g/mol. The lowest BCUT2D eigenvalue weighted by molar-refractivity contribution is -0.161. The predicted octanol–water partition coefficient (Wildman–Crippen LogP) is 4.17. The van der Waals surface area contributed by atoms with Crippen molar-refractivity contribution in [2.45, 2.75) is 72.5 Å². The first kappa shape index (κ1) is 19.4. The van der Waals surface area contributed by atoms with Crippen LogP contribution in [-0.4, -0.2) is 30.4 Å². The summed E-state index contributed by atoms with van der Waals surface area (Å²) < 4.78 is 10.9. The highest BCUT2D eigenvalue weighted by atomic mass is 16.7. The molecule has 1 saturated heterocycles. The molecule has 1 saturated carbocycles. The van der Waals surface area contributed by atoms with Gasteiger partial charge in [-0.1, -0.05) is 32.8 Å². The number of fused-ring (bicyclic) bond motifs is 1. The van der Waals surface area contributed by atoms with Gasteiger partial charge in [0.25, 0.3) is 0 Å². The smallest absolute Gasteiger partial charge is 0.312 e. The van der Waals surface area contributed by atoms with E-state index < -0.39 is 18.2 Å². The van der Waals surface area contributed by atoms with Gasteiger partial charge in [0.05, 0.1) is 17.8 Å². The molecule has 1 heterocycles. The molecule has 5 nitrogen and oxygen atoms in total. The molecular weight excluding hydrogens is 332 g/mol. The first-order valence-electron chi connectivity index (χ1n) is 9.79. The molecule has 1 aliphatic heterocycles. The number of carboxylic acids is 1. The van der Waals surface area contributed by atoms with Crippen molar-refractivity contribution in [2.75, 3.05) is 7.11 Å². The molecule has 0 aromatic heterocycles. The topological polar surface area (TPSA) is 72.8 Å². The highest BCUT2D eigenvalue weighted by Crippen LogP contribution is 2.57. The van der Waals surface area contributed by atoms with Gasteiger partial charge in [0, 0.05) is 7.11 Å². The van der Waals surface area contributed by atoms with Gasteiger partial charge in [0.2, 0.25) is 6.29 Å². The molecular formula is C21H32O5. The lowest BCUT2D eigenvalue weighted by Crippen LogP contribution is -2.40. The van der Waals surface area contributed by atoms with Crippen molar-refractivity contribution >= 4 is 11.9 Å². The molecule has 5 heteroatoms. The van der Waals surface area contributed by atoms with Crippen LogP contribution in [0.2, 0.25) is 0 Å². The first-order valence-corrected chi connectivity index (χ1v) is 9.79. The standard InChI is InChI=1S/C21H32O5/c1-12(17(22)23)15-14(21(4)10-6-9-20(2,3)11-21)8-7-13-16(15)19(25-5)26-18(13)24/h12-13,16,19H,6-11H2,1-5H3,(H,22,23)/t12?,13?,16?,19-,21+/m1/s1. The van der Waals surface area contributed by atoms with Crippen LogP contribution >= 0.6 is 0 Å². The van der Waals surface area contributed by atoms with Crippen LogP contribution in [0.25, 0.3) is 0 Å². The zero-order valence-corrected chi connectivity index (χ0v) is 16.6. The number of cyclic esters (lactones) is 1. The molecule has 0 aromatic carbocycles. The Balaban J connectivity index is 2.12. The predicted molar refractivity (Wildman–Crippen MR) is 97.3 cm³/mol. The van der Waals surface area contributed by atoms with Gasteiger partial charge in [-0.25, -0.2) is 0 Å². The molecule has 26 heavy (non-hydrogen) atoms. The van der Waals surface area contributed by atoms with E-state index in [1.54, 1.807) is 6.92 Å². The van der Waals surface area contributed by atoms with E-state index in [-0.39, 0.29) is 28.6 Å². The summed E-state index contributed by atoms with van der Waals surface area (Å²) in [6.45, 7) is 8.64. The van der Waals surface area contributed by atoms with Crippen molar-refractivity contribution in [3.8, 4) is 0 Å². The Labute approximate surface area is 156 Å². The lowest BCUT2D eigenvalue weighted by atomic mass is 9.56. The SMILES string of the molecule is CO[C@@H]1OC(=O)C2CCC([C@@]3(C)CCCC(C)(C)C3)=C(C(C)C(=O)O)C21. The largest absolute Gasteiger partial charge is 0.481 e. The molecule has 0 spiro atoms. The van der Waals surface area contributed by atoms with Crippen molar-refractivity contribution in [1.29, 1.82) is 0 Å². The molecule has 1 N–H and O–H groups in total. The van der Waals surface area contributed by atoms with Crippen LogP contribution in [0.5, 0.6) is 0 Å². The van der Waals surface area contributed by atoms with Gasteiger partial charge in [0.15, 0.2) is 0 Å². The van der Waals surface area contributed by atoms with Crippen molar-refractivity contribution in [3.05, 3.63) is 11.1 Å². The minimum atomic E-state index is -0.842. The summed E-state index contributed by atoms with van der Waals surface area (Å²) in [7, 11) is 1.53. The number of hydrogen-bond donors (Lipinski definition) is 1. The minimum Gasteiger partial charge on any atom is -0.481 e. The van der Waals surface area contributed by atoms with Gasteiger partial charge in [-0.2, -0.15) is 0 Å². The summed E-state index contributed by atoms with van der Waals surface area (Å²) in [5, 5.41) is 9.78. The Morgan fingerprint density at radius 3 is 2.58 bits per heavy atom. The number of hydrogen-bond acceptors (Lipinski definition) is 4. The molecule has 2 aliphatic carbocycles. The molecule has 146 valence electrons. The normalized spacial score (nSPS) is 37.9. The number of methoxy groups -OCH3 is 1. The maximum Gasteiger partial charge on any atom is 0.312 e. The molecule has 3 unspecified atom stereocenters. The van der Waals surface area contributed by atoms with Crippen LogP contribution < -0.4 is 0 Å². The van der Waals surface area contributed by atoms with Gasteiger partial charge in [-0.15, -0.1) is 0 Å². The second-order valence-electron chi connectivity index (χ2n) is 9.46. The fourth-order valence-electron chi connectivity index (χ4n) is 5.89. The number of allylic oxidation sites excluding steroid dienone is 1. The number of ether oxygens (including phenoxy) is 2. The maximum absolute atomic E-state index is 12.3. The third-order valence-electron chi connectivity index (χ3n) is 6.92. The molecule has 5 atom stereocenters. The number of carbonyl (C=O) groups is 2. The minimum absolute atomic E-state index is 0.0182. The highest BCUT2D eigenvalue weighted by Gasteiger charge is 2.53. The van der Waals surface area contributed by atoms with Crippen LogP contribution in [0.1, 0.15) is 66.2 Å². The lowest BCUT2D eigenvalue weighted by Gasteiger charge is -2.48. The Morgan fingerprint density at radius 1 is 1.31 bits per heavy atom. The van der Waals surface area contributed by atoms with E-state index in [2.05, 4.69) is 20.8 Å². The van der Waals surface area contributed by atoms with E-state index >= 15 is 0 Å². The molecule has 0 aromatic rings. The van der Waals surface area contributed by atoms with Crippen LogP contribution in [0.15, 0.2) is 11.1 Å². The number of esters is 1. The number of aliphatic carboxylic acids is 1. The molecule has 2 fully saturated rings. The van der Waals surface area contributed by atoms with Crippen molar-refractivity contribution < 1.29 is 24.2 Å². The summed E-state index contributed by atoms with van der Waals surface area (Å²) in [4.78, 5) is 24.2. The van der Waals surface area contributed by atoms with Crippen LogP contribution in [0, 0.1) is 28.6 Å². The molecule has 0 bridgehead atoms. The van der Waals surface area contributed by atoms with E-state index in [4.69, 9.17) is 9.47 Å². The average Bonchev–Trinajstić information content (AvgIpc) is 2.88. The zero-order valence-electron chi connectivity index (χ0n) is 16.6. The van der Waals surface area contributed by atoms with Gasteiger partial charge in [0.1, 0.15) is 0 Å². The van der Waals surface area contributed by atoms with E-state index in [0.29, 0.717) is 0 Å². The Hall–Kier alpha value is -1.36. The molecule has 0 radical (unpaired) electrons. The van der Waals surface area contributed by atoms with E-state index in [1.807, 2.05) is 0 Å². The Morgan fingerprint density at radius 2 is 2.00 bits per heavy atom. The number of carbonyl (C=O) groups excluding carboxylic acids is 1. The monoisotopic (exact) mass is 364 g/mol. The number of rotatable bonds is 4. The summed E-state index contributed by atoms with van der Waals surface area (Å²) in [6.07, 6.45) is 5.32. The molecule has 3 rings (SSSR count). The Bertz CT molecular complexity index is 634. The van der Waals surface area contributed by atoms with Gasteiger partial charge >= 0.3 is 11.9 Å². The van der Waals surface area contributed by atoms with Crippen LogP contribution in [-0.2, 0) is 19.1 Å². The van der Waals surface area contributed by atoms with Crippen LogP contribution in [0.4, 0.5) is 0 Å². The fourth-order valence-corrected chi connectivity index (χ4v) is 5.89. The maximum atomic E-state index is 12.3. The summed E-state index contributed by atoms with van der Waals surface area (Å²) in [6, 6.07) is 0. The molecule has 0 amide bonds. The number of carboxylic acid groups (broad SMARTS) is 1. The quantitative estimate of drug-likeness (QED) is 0.599. The third kappa shape index (κ3) is 3.19. The molecule has 3 aliphatic rings. The summed E-state index contributed by atoms with van der Waals surface area (Å²) >= 11 is 0. The van der Waals surface area contributed by atoms with Gasteiger partial charge < -0.3 is 14.6 Å². The van der Waals surface area contributed by atoms with Crippen molar-refractivity contribution in [1.82, 2.24) is 0 Å². The highest BCUT2D eigenvalue weighted by molar-refractivity contribution is 5.79. The van der Waals surface area contributed by atoms with E-state index in [0.717, 1.165) is 37.7 Å². The first-order chi connectivity index (χ1) is 12.1. The second-order valence-corrected chi connectivity index (χ2v) is 9.46. The summed E-state index contributed by atoms with van der Waals surface area (Å²) in [5.41, 5.74) is 2.38. The van der Waals surface area contributed by atoms with Gasteiger partial charge in [-0.3, -0.25) is 9.59 Å². The van der Waals surface area contributed by atoms with E-state index in [1.165, 1.54) is 19.1 Å². The van der Waals surface area contributed by atoms with E-state index in [9.17, 15) is 14.7 Å².